The quantitative estimate of drug-likeness (QED) is 0.0326. The molecule has 0 amide bonds. The molecule has 0 saturated carbocycles. The third kappa shape index (κ3) is 16.1. The largest absolute Gasteiger partial charge is 0.354 e. The van der Waals surface area contributed by atoms with Crippen molar-refractivity contribution in [2.75, 3.05) is 0 Å². The molecule has 0 aliphatic carbocycles. The summed E-state index contributed by atoms with van der Waals surface area (Å²) < 4.78 is 0. The second-order valence-corrected chi connectivity index (χ2v) is 37.1. The average Bonchev–Trinajstić information content (AvgIpc) is 1.62. The second-order valence-electron chi connectivity index (χ2n) is 28.5. The SMILES string of the molecule is CCCCCCc1cc(C=O)sc1-c1ccc(-c2ccc(-c3sc(-c4cc(CCCCCC)c(-c5ccc(-c6ccc(-c7sc(-c8c9nc(c(-c%10ccccc%10)c%10ccc([nH]%10)c(-c%10ccccc%10)c%10nc(c(-c%11ccccc%11)c%11ccc8[nH]%11)C=C%10)C=C9)cc7CCCCCC)s6)s5)s4)cc3CCCCCC)s2)s1. The molecule has 8 bridgehead atoms. The number of aromatic amines is 2. The monoisotopic (exact) mass is 1560 g/mol. The van der Waals surface area contributed by atoms with Gasteiger partial charge in [-0.15, -0.1) is 90.7 Å². The minimum absolute atomic E-state index is 0.829. The first-order chi connectivity index (χ1) is 53.3. The highest BCUT2D eigenvalue weighted by molar-refractivity contribution is 7.32. The number of aldehydes is 1. The fourth-order valence-electron chi connectivity index (χ4n) is 15.3. The van der Waals surface area contributed by atoms with E-state index in [1.807, 2.05) is 79.4 Å². The van der Waals surface area contributed by atoms with Gasteiger partial charge in [0.15, 0.2) is 6.29 Å². The summed E-state index contributed by atoms with van der Waals surface area (Å²) in [5.74, 6) is 0. The van der Waals surface area contributed by atoms with Crippen LogP contribution in [0.5, 0.6) is 0 Å². The Kier molecular flexibility index (Phi) is 23.6. The van der Waals surface area contributed by atoms with Gasteiger partial charge in [-0.25, -0.2) is 9.97 Å². The first kappa shape index (κ1) is 73.7. The van der Waals surface area contributed by atoms with E-state index in [1.165, 1.54) is 185 Å². The van der Waals surface area contributed by atoms with Gasteiger partial charge in [0.1, 0.15) is 0 Å². The van der Waals surface area contributed by atoms with E-state index in [1.54, 1.807) is 11.3 Å². The van der Waals surface area contributed by atoms with Gasteiger partial charge in [0.05, 0.1) is 27.7 Å². The van der Waals surface area contributed by atoms with Gasteiger partial charge in [-0.05, 0) is 212 Å². The maximum Gasteiger partial charge on any atom is 0.160 e. The molecule has 2 N–H and O–H groups in total. The lowest BCUT2D eigenvalue weighted by atomic mass is 10.0. The number of carbonyl (C=O) groups is 1. The molecule has 0 fully saturated rings. The van der Waals surface area contributed by atoms with Gasteiger partial charge in [0, 0.05) is 117 Å². The first-order valence-electron chi connectivity index (χ1n) is 39.0. The first-order valence-corrected chi connectivity index (χ1v) is 45.5. The molecule has 3 aromatic carbocycles. The molecule has 108 heavy (non-hydrogen) atoms. The zero-order chi connectivity index (χ0) is 73.3. The van der Waals surface area contributed by atoms with E-state index in [9.17, 15) is 4.79 Å². The van der Waals surface area contributed by atoms with E-state index < -0.39 is 0 Å². The van der Waals surface area contributed by atoms with Crippen molar-refractivity contribution in [2.45, 2.75) is 156 Å². The number of hydrogen-bond acceptors (Lipinski definition) is 11. The van der Waals surface area contributed by atoms with Crippen LogP contribution < -0.4 is 0 Å². The number of carbonyl (C=O) groups excluding carboxylic acids is 1. The van der Waals surface area contributed by atoms with Crippen LogP contribution in [0.1, 0.15) is 185 Å². The van der Waals surface area contributed by atoms with E-state index in [0.29, 0.717) is 0 Å². The third-order valence-corrected chi connectivity index (χ3v) is 31.1. The summed E-state index contributed by atoms with van der Waals surface area (Å²) in [7, 11) is 0. The lowest BCUT2D eigenvalue weighted by molar-refractivity contribution is 0.112. The molecule has 5 nitrogen and oxygen atoms in total. The van der Waals surface area contributed by atoms with E-state index in [0.717, 1.165) is 133 Å². The Morgan fingerprint density at radius 2 is 0.565 bits per heavy atom. The van der Waals surface area contributed by atoms with E-state index in [2.05, 4.69) is 250 Å². The highest BCUT2D eigenvalue weighted by atomic mass is 32.1. The number of nitrogens with zero attached hydrogens (tertiary/aromatic N) is 2. The summed E-state index contributed by atoms with van der Waals surface area (Å²) in [6, 6.07) is 69.8. The van der Waals surface area contributed by atoms with Crippen LogP contribution in [-0.2, 0) is 25.7 Å². The molecule has 2 aliphatic rings. The van der Waals surface area contributed by atoms with E-state index in [-0.39, 0.29) is 0 Å². The van der Waals surface area contributed by atoms with Crippen molar-refractivity contribution in [3.8, 4) is 112 Å². The lowest BCUT2D eigenvalue weighted by Crippen LogP contribution is -1.89. The Labute approximate surface area is 668 Å². The molecule has 11 aromatic heterocycles. The number of aromatic nitrogens is 4. The summed E-state index contributed by atoms with van der Waals surface area (Å²) in [4.78, 5) is 52.2. The molecule has 0 spiro atoms. The molecule has 0 saturated heterocycles. The molecule has 0 atom stereocenters. The summed E-state index contributed by atoms with van der Waals surface area (Å²) in [6.45, 7) is 9.21. The Hall–Kier alpha value is -8.47. The van der Waals surface area contributed by atoms with Gasteiger partial charge in [0.25, 0.3) is 0 Å². The predicted octanol–water partition coefficient (Wildman–Crippen LogP) is 31.8. The van der Waals surface area contributed by atoms with Crippen molar-refractivity contribution < 1.29 is 4.79 Å². The number of fused-ring (bicyclic) bond motifs is 8. The number of nitrogens with one attached hydrogen (secondary N) is 2. The molecule has 13 heteroatoms. The zero-order valence-corrected chi connectivity index (χ0v) is 68.5. The molecular formula is C95H90N4OS8. The van der Waals surface area contributed by atoms with Crippen molar-refractivity contribution in [1.82, 2.24) is 19.9 Å². The molecule has 0 radical (unpaired) electrons. The summed E-state index contributed by atoms with van der Waals surface area (Å²) in [6.07, 6.45) is 33.6. The van der Waals surface area contributed by atoms with Crippen LogP contribution in [0.25, 0.3) is 158 Å². The van der Waals surface area contributed by atoms with Gasteiger partial charge in [-0.1, -0.05) is 196 Å². The molecule has 2 aliphatic heterocycles. The zero-order valence-electron chi connectivity index (χ0n) is 62.0. The number of hydrogen-bond donors (Lipinski definition) is 2. The average molecular weight is 1560 g/mol. The maximum atomic E-state index is 12.1. The van der Waals surface area contributed by atoms with E-state index >= 15 is 0 Å². The molecule has 13 heterocycles. The standard InChI is InChI=1S/C95H90N4OS8/c1-5-9-13-20-36-64-56-68(60-100)101-92(64)81-52-48-77(102-81)78-49-53-82(103-78)93-65(37-21-14-10-6-2)57-85(106-93)86-58-66(38-22-15-11-7-3)94(107-86)83-54-50-79(104-83)80-51-55-84(105-80)95-67(39-23-16-12-8-4)59-87(108-95)91-75-46-44-73(98-75)89(62-32-26-18-27-33-62)71-42-40-69(96-71)88(61-30-24-17-25-31-61)70-41-43-72(97-70)90(63-34-28-19-29-35-63)74-45-47-76(91)99-74/h17-19,24-35,40-60,96,99H,5-16,20-23,36-39H2,1-4H3. The fourth-order valence-corrected chi connectivity index (χ4v) is 24.8. The second kappa shape index (κ2) is 34.6. The van der Waals surface area contributed by atoms with Crippen LogP contribution in [-0.4, -0.2) is 26.2 Å². The topological polar surface area (TPSA) is 74.4 Å². The number of thiophene rings is 8. The van der Waals surface area contributed by atoms with Crippen molar-refractivity contribution in [3.05, 3.63) is 238 Å². The van der Waals surface area contributed by atoms with Crippen molar-refractivity contribution >= 4 is 143 Å². The normalized spacial score (nSPS) is 12.0. The molecule has 14 aromatic rings. The van der Waals surface area contributed by atoms with Crippen LogP contribution in [0.4, 0.5) is 0 Å². The highest BCUT2D eigenvalue weighted by Crippen LogP contribution is 2.53. The van der Waals surface area contributed by atoms with Crippen molar-refractivity contribution in [2.24, 2.45) is 0 Å². The fraction of sp³-hybridized carbons (Fsp3) is 0.253. The maximum absolute atomic E-state index is 12.1. The smallest absolute Gasteiger partial charge is 0.160 e. The lowest BCUT2D eigenvalue weighted by Gasteiger charge is -2.06. The van der Waals surface area contributed by atoms with Crippen molar-refractivity contribution in [1.29, 1.82) is 0 Å². The van der Waals surface area contributed by atoms with Gasteiger partial charge in [0.2, 0.25) is 0 Å². The number of H-pyrrole nitrogens is 2. The third-order valence-electron chi connectivity index (χ3n) is 20.8. The summed E-state index contributed by atoms with van der Waals surface area (Å²) in [5, 5.41) is 0. The number of rotatable bonds is 32. The Bertz CT molecular complexity index is 5650. The number of benzene rings is 3. The van der Waals surface area contributed by atoms with Crippen LogP contribution in [0, 0.1) is 0 Å². The Morgan fingerprint density at radius 3 is 0.898 bits per heavy atom. The number of unbranched alkanes of at least 4 members (excludes halogenated alkanes) is 12. The number of aryl methyl sites for hydroxylation is 4. The minimum atomic E-state index is 0.829. The summed E-state index contributed by atoms with van der Waals surface area (Å²) in [5.41, 5.74) is 20.9. The molecule has 0 unspecified atom stereocenters. The Balaban J connectivity index is 0.762. The van der Waals surface area contributed by atoms with Crippen LogP contribution in [0.3, 0.4) is 0 Å². The van der Waals surface area contributed by atoms with Gasteiger partial charge in [-0.2, -0.15) is 0 Å². The van der Waals surface area contributed by atoms with Crippen LogP contribution in [0.2, 0.25) is 0 Å². The van der Waals surface area contributed by atoms with Gasteiger partial charge < -0.3 is 9.97 Å². The van der Waals surface area contributed by atoms with Crippen molar-refractivity contribution in [3.63, 3.8) is 0 Å². The van der Waals surface area contributed by atoms with Gasteiger partial charge in [-0.3, -0.25) is 4.79 Å². The van der Waals surface area contributed by atoms with Crippen LogP contribution >= 0.6 is 90.7 Å². The molecular weight excluding hydrogens is 1470 g/mol. The summed E-state index contributed by atoms with van der Waals surface area (Å²) >= 11 is 15.3. The predicted molar refractivity (Wildman–Crippen MR) is 478 cm³/mol. The molecule has 544 valence electrons. The minimum Gasteiger partial charge on any atom is -0.354 e. The van der Waals surface area contributed by atoms with Gasteiger partial charge >= 0.3 is 0 Å². The Morgan fingerprint density at radius 1 is 0.278 bits per heavy atom. The highest BCUT2D eigenvalue weighted by Gasteiger charge is 2.26. The molecule has 16 rings (SSSR count). The van der Waals surface area contributed by atoms with Crippen LogP contribution in [0.15, 0.2) is 188 Å². The van der Waals surface area contributed by atoms with E-state index in [4.69, 9.17) is 9.97 Å².